The molecule has 0 aliphatic carbocycles. The lowest BCUT2D eigenvalue weighted by Crippen LogP contribution is -2.47. The lowest BCUT2D eigenvalue weighted by molar-refractivity contribution is 0.0696. The highest BCUT2D eigenvalue weighted by molar-refractivity contribution is 5.99. The second-order valence-corrected chi connectivity index (χ2v) is 12.5. The molecule has 3 aromatic carbocycles. The van der Waals surface area contributed by atoms with E-state index in [0.29, 0.717) is 44.0 Å². The number of carboxylic acid groups (broad SMARTS) is 1. The molecular weight excluding hydrogens is 646 g/mol. The number of halogens is 2. The molecule has 11 nitrogen and oxygen atoms in total. The molecule has 50 heavy (non-hydrogen) atoms. The van der Waals surface area contributed by atoms with E-state index in [4.69, 9.17) is 0 Å². The van der Waals surface area contributed by atoms with Crippen molar-refractivity contribution in [3.8, 4) is 11.3 Å². The van der Waals surface area contributed by atoms with E-state index in [1.807, 2.05) is 30.0 Å². The van der Waals surface area contributed by atoms with E-state index in [9.17, 15) is 28.7 Å². The Kier molecular flexibility index (Phi) is 9.95. The summed E-state index contributed by atoms with van der Waals surface area (Å²) in [6, 6.07) is 15.0. The zero-order chi connectivity index (χ0) is 35.5. The highest BCUT2D eigenvalue weighted by Crippen LogP contribution is 2.29. The van der Waals surface area contributed by atoms with Gasteiger partial charge >= 0.3 is 11.7 Å². The number of carboxylic acids is 1. The molecular formula is C37H38F2N6O5. The van der Waals surface area contributed by atoms with Crippen LogP contribution in [0.2, 0.25) is 0 Å². The van der Waals surface area contributed by atoms with Gasteiger partial charge in [0.05, 0.1) is 16.9 Å². The minimum Gasteiger partial charge on any atom is -0.477 e. The van der Waals surface area contributed by atoms with E-state index >= 15 is 4.39 Å². The molecule has 13 heteroatoms. The van der Waals surface area contributed by atoms with Crippen molar-refractivity contribution in [1.29, 1.82) is 0 Å². The van der Waals surface area contributed by atoms with E-state index in [1.165, 1.54) is 52.1 Å². The fourth-order valence-electron chi connectivity index (χ4n) is 6.48. The number of nitrogens with zero attached hydrogens (tertiary/aromatic N) is 3. The Morgan fingerprint density at radius 1 is 0.900 bits per heavy atom. The average molecular weight is 685 g/mol. The number of benzene rings is 3. The van der Waals surface area contributed by atoms with E-state index in [0.717, 1.165) is 31.1 Å². The molecule has 0 spiro atoms. The van der Waals surface area contributed by atoms with Crippen molar-refractivity contribution in [3.63, 3.8) is 0 Å². The molecule has 1 aliphatic heterocycles. The Balaban J connectivity index is 1.06. The van der Waals surface area contributed by atoms with Gasteiger partial charge in [-0.15, -0.1) is 0 Å². The Morgan fingerprint density at radius 3 is 2.30 bits per heavy atom. The molecule has 0 amide bonds. The zero-order valence-corrected chi connectivity index (χ0v) is 27.8. The maximum absolute atomic E-state index is 15.4. The van der Waals surface area contributed by atoms with Crippen LogP contribution in [-0.2, 0) is 13.0 Å². The number of anilines is 3. The number of aromatic nitrogens is 3. The van der Waals surface area contributed by atoms with Gasteiger partial charge in [0.1, 0.15) is 23.0 Å². The average Bonchev–Trinajstić information content (AvgIpc) is 3.09. The number of aryl methyl sites for hydroxylation is 2. The van der Waals surface area contributed by atoms with Gasteiger partial charge in [-0.25, -0.2) is 18.4 Å². The van der Waals surface area contributed by atoms with Crippen LogP contribution < -0.4 is 26.9 Å². The zero-order valence-electron chi connectivity index (χ0n) is 27.8. The number of aromatic amines is 2. The first kappa shape index (κ1) is 34.3. The molecule has 5 aromatic rings. The fourth-order valence-corrected chi connectivity index (χ4v) is 6.48. The second-order valence-electron chi connectivity index (χ2n) is 12.5. The van der Waals surface area contributed by atoms with Crippen LogP contribution in [0.3, 0.4) is 0 Å². The number of rotatable bonds is 11. The van der Waals surface area contributed by atoms with Gasteiger partial charge in [-0.05, 0) is 98.0 Å². The SMILES string of the molecule is CCc1cc(Nc2cc(=O)n(CCCCN3CCN(c4cc5[nH]c(-c6ccc(F)cc6)c(C(=O)O)c(=O)c5cc4F)CC3)c(=O)[nH]2)ccc1C. The molecule has 0 radical (unpaired) electrons. The summed E-state index contributed by atoms with van der Waals surface area (Å²) in [6.07, 6.45) is 2.25. The molecule has 1 saturated heterocycles. The van der Waals surface area contributed by atoms with Crippen LogP contribution in [0.4, 0.5) is 26.0 Å². The van der Waals surface area contributed by atoms with Gasteiger partial charge in [-0.2, -0.15) is 0 Å². The normalized spacial score (nSPS) is 13.6. The standard InChI is InChI=1S/C37H38F2N6O5/c1-3-23-18-26(11-6-22(23)2)40-31-21-32(46)45(37(50)42-31)13-5-4-12-43-14-16-44(17-15-43)30-20-29-27(19-28(30)39)35(47)33(36(48)49)34(41-29)24-7-9-25(38)10-8-24/h6-11,18-21,40H,3-5,12-17H2,1-2H3,(H,41,47)(H,42,50)(H,48,49). The van der Waals surface area contributed by atoms with Gasteiger partial charge in [0.2, 0.25) is 5.43 Å². The van der Waals surface area contributed by atoms with Gasteiger partial charge < -0.3 is 20.3 Å². The molecule has 0 unspecified atom stereocenters. The minimum absolute atomic E-state index is 0.0157. The summed E-state index contributed by atoms with van der Waals surface area (Å²) in [5, 5.41) is 12.8. The third kappa shape index (κ3) is 7.22. The van der Waals surface area contributed by atoms with Crippen LogP contribution >= 0.6 is 0 Å². The van der Waals surface area contributed by atoms with E-state index in [-0.39, 0.29) is 34.4 Å². The number of nitrogens with one attached hydrogen (secondary N) is 3. The molecule has 0 bridgehead atoms. The molecule has 0 saturated carbocycles. The van der Waals surface area contributed by atoms with Crippen LogP contribution in [0.5, 0.6) is 0 Å². The monoisotopic (exact) mass is 684 g/mol. The van der Waals surface area contributed by atoms with Gasteiger partial charge in [-0.1, -0.05) is 13.0 Å². The van der Waals surface area contributed by atoms with Crippen molar-refractivity contribution >= 4 is 34.1 Å². The summed E-state index contributed by atoms with van der Waals surface area (Å²) >= 11 is 0. The first-order valence-electron chi connectivity index (χ1n) is 16.6. The second kappa shape index (κ2) is 14.5. The summed E-state index contributed by atoms with van der Waals surface area (Å²) in [5.41, 5.74) is 1.82. The molecule has 1 aliphatic rings. The highest BCUT2D eigenvalue weighted by Gasteiger charge is 2.24. The first-order chi connectivity index (χ1) is 24.0. The van der Waals surface area contributed by atoms with Crippen molar-refractivity contribution in [3.05, 3.63) is 120 Å². The number of fused-ring (bicyclic) bond motifs is 1. The molecule has 4 N–H and O–H groups in total. The van der Waals surface area contributed by atoms with Crippen LogP contribution in [0.1, 0.15) is 41.3 Å². The van der Waals surface area contributed by atoms with Gasteiger partial charge in [0, 0.05) is 49.9 Å². The molecule has 6 rings (SSSR count). The Hall–Kier alpha value is -5.56. The van der Waals surface area contributed by atoms with Crippen LogP contribution in [0.25, 0.3) is 22.2 Å². The lowest BCUT2D eigenvalue weighted by atomic mass is 10.0. The largest absolute Gasteiger partial charge is 0.477 e. The quantitative estimate of drug-likeness (QED) is 0.139. The number of carbonyl (C=O) groups is 1. The summed E-state index contributed by atoms with van der Waals surface area (Å²) in [5.74, 6) is -2.27. The molecule has 2 aromatic heterocycles. The Bertz CT molecular complexity index is 2210. The Labute approximate surface area is 285 Å². The van der Waals surface area contributed by atoms with Crippen molar-refractivity contribution < 1.29 is 18.7 Å². The van der Waals surface area contributed by atoms with Crippen LogP contribution in [-0.4, -0.2) is 63.2 Å². The maximum Gasteiger partial charge on any atom is 0.341 e. The summed E-state index contributed by atoms with van der Waals surface area (Å²) < 4.78 is 30.1. The number of H-pyrrole nitrogens is 2. The molecule has 3 heterocycles. The summed E-state index contributed by atoms with van der Waals surface area (Å²) in [6.45, 7) is 7.45. The first-order valence-corrected chi connectivity index (χ1v) is 16.6. The number of unbranched alkanes of at least 4 members (excludes halogenated alkanes) is 1. The number of pyridine rings is 1. The predicted octanol–water partition coefficient (Wildman–Crippen LogP) is 5.24. The van der Waals surface area contributed by atoms with E-state index < -0.39 is 34.3 Å². The number of aromatic carboxylic acids is 1. The van der Waals surface area contributed by atoms with Crippen LogP contribution in [0.15, 0.2) is 75.0 Å². The molecule has 0 atom stereocenters. The van der Waals surface area contributed by atoms with Crippen molar-refractivity contribution in [2.75, 3.05) is 42.9 Å². The van der Waals surface area contributed by atoms with Gasteiger partial charge in [0.25, 0.3) is 5.56 Å². The topological polar surface area (TPSA) is 144 Å². The highest BCUT2D eigenvalue weighted by atomic mass is 19.1. The smallest absolute Gasteiger partial charge is 0.341 e. The third-order valence-corrected chi connectivity index (χ3v) is 9.26. The minimum atomic E-state index is -1.47. The predicted molar refractivity (Wildman–Crippen MR) is 190 cm³/mol. The van der Waals surface area contributed by atoms with Crippen molar-refractivity contribution in [2.45, 2.75) is 39.7 Å². The molecule has 1 fully saturated rings. The lowest BCUT2D eigenvalue weighted by Gasteiger charge is -2.36. The summed E-state index contributed by atoms with van der Waals surface area (Å²) in [7, 11) is 0. The molecule has 260 valence electrons. The summed E-state index contributed by atoms with van der Waals surface area (Å²) in [4.78, 5) is 60.5. The third-order valence-electron chi connectivity index (χ3n) is 9.26. The van der Waals surface area contributed by atoms with Crippen molar-refractivity contribution in [1.82, 2.24) is 19.4 Å². The Morgan fingerprint density at radius 2 is 1.62 bits per heavy atom. The van der Waals surface area contributed by atoms with E-state index in [2.05, 4.69) is 27.1 Å². The van der Waals surface area contributed by atoms with Crippen molar-refractivity contribution in [2.24, 2.45) is 0 Å². The van der Waals surface area contributed by atoms with Gasteiger partial charge in [0.15, 0.2) is 0 Å². The maximum atomic E-state index is 15.4. The van der Waals surface area contributed by atoms with Gasteiger partial charge in [-0.3, -0.25) is 24.0 Å². The number of piperazine rings is 1. The number of hydrogen-bond donors (Lipinski definition) is 4. The van der Waals surface area contributed by atoms with Crippen LogP contribution in [0, 0.1) is 18.6 Å². The van der Waals surface area contributed by atoms with E-state index in [1.54, 1.807) is 0 Å². The number of hydrogen-bond acceptors (Lipinski definition) is 7. The fraction of sp³-hybridized carbons (Fsp3) is 0.297.